The van der Waals surface area contributed by atoms with Crippen LogP contribution in [-0.2, 0) is 11.3 Å². The first-order valence-electron chi connectivity index (χ1n) is 4.83. The molecular formula is C11H11F3N2O. The van der Waals surface area contributed by atoms with Crippen LogP contribution >= 0.6 is 0 Å². The van der Waals surface area contributed by atoms with Crippen molar-refractivity contribution in [2.45, 2.75) is 19.6 Å². The minimum absolute atomic E-state index is 0.151. The van der Waals surface area contributed by atoms with Gasteiger partial charge in [0.15, 0.2) is 0 Å². The van der Waals surface area contributed by atoms with Gasteiger partial charge < -0.3 is 5.32 Å². The Morgan fingerprint density at radius 1 is 1.47 bits per heavy atom. The van der Waals surface area contributed by atoms with Crippen LogP contribution in [0, 0.1) is 0 Å². The first-order valence-corrected chi connectivity index (χ1v) is 4.83. The molecule has 0 aliphatic heterocycles. The average molecular weight is 244 g/mol. The smallest absolute Gasteiger partial charge is 0.383 e. The molecule has 1 aromatic rings. The fourth-order valence-corrected chi connectivity index (χ4v) is 1.06. The lowest BCUT2D eigenvalue weighted by molar-refractivity contribution is -0.165. The summed E-state index contributed by atoms with van der Waals surface area (Å²) in [7, 11) is 0. The van der Waals surface area contributed by atoms with Crippen molar-refractivity contribution in [3.63, 3.8) is 0 Å². The quantitative estimate of drug-likeness (QED) is 0.825. The zero-order chi connectivity index (χ0) is 12.9. The molecule has 1 aromatic heterocycles. The molecule has 0 spiro atoms. The van der Waals surface area contributed by atoms with Crippen molar-refractivity contribution >= 4 is 5.78 Å². The van der Waals surface area contributed by atoms with E-state index in [4.69, 9.17) is 0 Å². The van der Waals surface area contributed by atoms with Gasteiger partial charge in [0.2, 0.25) is 0 Å². The molecule has 6 heteroatoms. The van der Waals surface area contributed by atoms with Crippen molar-refractivity contribution in [3.05, 3.63) is 41.9 Å². The molecule has 0 saturated heterocycles. The molecule has 0 aliphatic rings. The highest BCUT2D eigenvalue weighted by Gasteiger charge is 2.36. The van der Waals surface area contributed by atoms with E-state index in [1.54, 1.807) is 24.4 Å². The Morgan fingerprint density at radius 2 is 2.18 bits per heavy atom. The van der Waals surface area contributed by atoms with Crippen LogP contribution in [-0.4, -0.2) is 16.9 Å². The van der Waals surface area contributed by atoms with Gasteiger partial charge in [-0.1, -0.05) is 6.07 Å². The van der Waals surface area contributed by atoms with Gasteiger partial charge >= 0.3 is 6.18 Å². The summed E-state index contributed by atoms with van der Waals surface area (Å²) in [5.74, 6) is -1.87. The molecule has 1 heterocycles. The summed E-state index contributed by atoms with van der Waals surface area (Å²) in [4.78, 5) is 14.6. The van der Waals surface area contributed by atoms with E-state index in [1.807, 2.05) is 0 Å². The zero-order valence-corrected chi connectivity index (χ0v) is 9.08. The number of nitrogens with zero attached hydrogens (tertiary/aromatic N) is 1. The monoisotopic (exact) mass is 244 g/mol. The summed E-state index contributed by atoms with van der Waals surface area (Å²) >= 11 is 0. The molecular weight excluding hydrogens is 233 g/mol. The first-order chi connectivity index (χ1) is 7.89. The summed E-state index contributed by atoms with van der Waals surface area (Å²) in [6.07, 6.45) is -2.71. The number of hydrogen-bond donors (Lipinski definition) is 1. The van der Waals surface area contributed by atoms with E-state index >= 15 is 0 Å². The van der Waals surface area contributed by atoms with Crippen LogP contribution in [0.5, 0.6) is 0 Å². The summed E-state index contributed by atoms with van der Waals surface area (Å²) in [6, 6.07) is 5.23. The predicted molar refractivity (Wildman–Crippen MR) is 55.9 cm³/mol. The van der Waals surface area contributed by atoms with Gasteiger partial charge in [-0.2, -0.15) is 13.2 Å². The van der Waals surface area contributed by atoms with E-state index in [2.05, 4.69) is 10.3 Å². The predicted octanol–water partition coefficient (Wildman–Crippen LogP) is 2.21. The molecule has 0 unspecified atom stereocenters. The highest BCUT2D eigenvalue weighted by atomic mass is 19.4. The Morgan fingerprint density at radius 3 is 2.71 bits per heavy atom. The standard InChI is InChI=1S/C11H11F3N2O/c1-8(6-10(17)11(12,13)14)16-7-9-4-2-3-5-15-9/h2-6,16H,7H2,1H3/b8-6+. The van der Waals surface area contributed by atoms with Crippen molar-refractivity contribution in [2.24, 2.45) is 0 Å². The Kier molecular flexibility index (Phi) is 4.25. The van der Waals surface area contributed by atoms with Crippen molar-refractivity contribution in [1.82, 2.24) is 10.3 Å². The minimum Gasteiger partial charge on any atom is -0.383 e. The van der Waals surface area contributed by atoms with Crippen LogP contribution in [0.25, 0.3) is 0 Å². The molecule has 92 valence electrons. The number of carbonyl (C=O) groups excluding carboxylic acids is 1. The highest BCUT2D eigenvalue weighted by molar-refractivity contribution is 5.94. The second-order valence-electron chi connectivity index (χ2n) is 3.36. The number of ketones is 1. The van der Waals surface area contributed by atoms with Crippen LogP contribution in [0.1, 0.15) is 12.6 Å². The molecule has 0 fully saturated rings. The van der Waals surface area contributed by atoms with Crippen LogP contribution in [0.4, 0.5) is 13.2 Å². The number of halogens is 3. The maximum Gasteiger partial charge on any atom is 0.454 e. The molecule has 17 heavy (non-hydrogen) atoms. The van der Waals surface area contributed by atoms with Crippen molar-refractivity contribution < 1.29 is 18.0 Å². The molecule has 0 radical (unpaired) electrons. The summed E-state index contributed by atoms with van der Waals surface area (Å²) < 4.78 is 35.8. The number of rotatable bonds is 4. The molecule has 1 N–H and O–H groups in total. The maximum absolute atomic E-state index is 11.9. The minimum atomic E-state index is -4.83. The van der Waals surface area contributed by atoms with E-state index in [1.165, 1.54) is 6.92 Å². The van der Waals surface area contributed by atoms with E-state index in [0.717, 1.165) is 0 Å². The topological polar surface area (TPSA) is 42.0 Å². The van der Waals surface area contributed by atoms with Crippen molar-refractivity contribution in [2.75, 3.05) is 0 Å². The summed E-state index contributed by atoms with van der Waals surface area (Å²) in [6.45, 7) is 1.67. The third-order valence-corrected chi connectivity index (χ3v) is 1.90. The fraction of sp³-hybridized carbons (Fsp3) is 0.273. The fourth-order valence-electron chi connectivity index (χ4n) is 1.06. The van der Waals surface area contributed by atoms with Gasteiger partial charge in [0.25, 0.3) is 5.78 Å². The van der Waals surface area contributed by atoms with Crippen LogP contribution < -0.4 is 5.32 Å². The third-order valence-electron chi connectivity index (χ3n) is 1.90. The second-order valence-corrected chi connectivity index (χ2v) is 3.36. The lowest BCUT2D eigenvalue weighted by Crippen LogP contribution is -2.22. The summed E-state index contributed by atoms with van der Waals surface area (Å²) in [5, 5.41) is 2.68. The van der Waals surface area contributed by atoms with Gasteiger partial charge in [-0.25, -0.2) is 0 Å². The van der Waals surface area contributed by atoms with Gasteiger partial charge in [0.1, 0.15) is 0 Å². The highest BCUT2D eigenvalue weighted by Crippen LogP contribution is 2.16. The van der Waals surface area contributed by atoms with Gasteiger partial charge in [0.05, 0.1) is 12.2 Å². The number of hydrogen-bond acceptors (Lipinski definition) is 3. The van der Waals surface area contributed by atoms with E-state index in [9.17, 15) is 18.0 Å². The van der Waals surface area contributed by atoms with E-state index in [-0.39, 0.29) is 12.2 Å². The lowest BCUT2D eigenvalue weighted by Gasteiger charge is -2.06. The van der Waals surface area contributed by atoms with Gasteiger partial charge in [0, 0.05) is 18.0 Å². The number of alkyl halides is 3. The van der Waals surface area contributed by atoms with Gasteiger partial charge in [-0.05, 0) is 19.1 Å². The number of pyridine rings is 1. The SMILES string of the molecule is C/C(=C\C(=O)C(F)(F)F)NCc1ccccn1. The van der Waals surface area contributed by atoms with Crippen LogP contribution in [0.15, 0.2) is 36.2 Å². The molecule has 0 atom stereocenters. The van der Waals surface area contributed by atoms with Crippen molar-refractivity contribution in [1.29, 1.82) is 0 Å². The molecule has 1 rings (SSSR count). The Hall–Kier alpha value is -1.85. The zero-order valence-electron chi connectivity index (χ0n) is 9.08. The van der Waals surface area contributed by atoms with Crippen molar-refractivity contribution in [3.8, 4) is 0 Å². The van der Waals surface area contributed by atoms with Gasteiger partial charge in [-0.3, -0.25) is 9.78 Å². The van der Waals surface area contributed by atoms with E-state index in [0.29, 0.717) is 11.8 Å². The Labute approximate surface area is 96.4 Å². The molecule has 0 aliphatic carbocycles. The molecule has 0 saturated carbocycles. The number of nitrogens with one attached hydrogen (secondary N) is 1. The summed E-state index contributed by atoms with van der Waals surface area (Å²) in [5.41, 5.74) is 0.831. The Bertz CT molecular complexity index is 412. The molecule has 0 bridgehead atoms. The molecule has 0 aromatic carbocycles. The maximum atomic E-state index is 11.9. The number of allylic oxidation sites excluding steroid dienone is 2. The van der Waals surface area contributed by atoms with Gasteiger partial charge in [-0.15, -0.1) is 0 Å². The molecule has 0 amide bonds. The average Bonchev–Trinajstić information content (AvgIpc) is 2.26. The normalized spacial score (nSPS) is 12.4. The Balaban J connectivity index is 2.53. The second kappa shape index (κ2) is 5.47. The number of carbonyl (C=O) groups is 1. The first kappa shape index (κ1) is 13.2. The molecule has 3 nitrogen and oxygen atoms in total. The van der Waals surface area contributed by atoms with Crippen LogP contribution in [0.3, 0.4) is 0 Å². The largest absolute Gasteiger partial charge is 0.454 e. The van der Waals surface area contributed by atoms with E-state index < -0.39 is 12.0 Å². The lowest BCUT2D eigenvalue weighted by atomic mass is 10.3. The third kappa shape index (κ3) is 4.67. The number of aromatic nitrogens is 1. The van der Waals surface area contributed by atoms with Crippen LogP contribution in [0.2, 0.25) is 0 Å².